The van der Waals surface area contributed by atoms with Crippen molar-refractivity contribution in [2.24, 2.45) is 0 Å². The molecule has 0 aromatic heterocycles. The molecule has 6 heteroatoms. The summed E-state index contributed by atoms with van der Waals surface area (Å²) in [5.74, 6) is -1.45. The molecule has 0 aliphatic heterocycles. The van der Waals surface area contributed by atoms with Crippen molar-refractivity contribution in [1.82, 2.24) is 0 Å². The second kappa shape index (κ2) is 7.49. The van der Waals surface area contributed by atoms with Crippen LogP contribution < -0.4 is 4.18 Å². The minimum atomic E-state index is -3.93. The number of carboxylic acids is 1. The number of aryl methyl sites for hydroxylation is 1. The molecule has 0 fully saturated rings. The molecule has 0 unspecified atom stereocenters. The number of hydrogen-bond donors (Lipinski definition) is 1. The Bertz CT molecular complexity index is 810. The largest absolute Gasteiger partial charge is 0.481 e. The van der Waals surface area contributed by atoms with Crippen LogP contribution in [0.25, 0.3) is 0 Å². The van der Waals surface area contributed by atoms with Crippen molar-refractivity contribution in [3.8, 4) is 5.75 Å². The van der Waals surface area contributed by atoms with Crippen LogP contribution in [-0.4, -0.2) is 19.5 Å². The monoisotopic (exact) mass is 348 g/mol. The quantitative estimate of drug-likeness (QED) is 0.773. The highest BCUT2D eigenvalue weighted by Crippen LogP contribution is 2.24. The minimum Gasteiger partial charge on any atom is -0.481 e. The van der Waals surface area contributed by atoms with Crippen molar-refractivity contribution >= 4 is 16.1 Å². The van der Waals surface area contributed by atoms with Crippen LogP contribution in [0.15, 0.2) is 53.4 Å². The van der Waals surface area contributed by atoms with E-state index < -0.39 is 22.0 Å². The van der Waals surface area contributed by atoms with E-state index in [0.29, 0.717) is 12.0 Å². The van der Waals surface area contributed by atoms with E-state index in [4.69, 9.17) is 9.29 Å². The Labute approximate surface area is 142 Å². The van der Waals surface area contributed by atoms with Crippen molar-refractivity contribution in [2.45, 2.75) is 37.5 Å². The van der Waals surface area contributed by atoms with Crippen LogP contribution in [0.3, 0.4) is 0 Å². The zero-order valence-electron chi connectivity index (χ0n) is 13.6. The van der Waals surface area contributed by atoms with Crippen LogP contribution in [0.4, 0.5) is 0 Å². The third-order valence-corrected chi connectivity index (χ3v) is 5.07. The summed E-state index contributed by atoms with van der Waals surface area (Å²) in [4.78, 5) is 11.1. The highest BCUT2D eigenvalue weighted by Gasteiger charge is 2.20. The predicted molar refractivity (Wildman–Crippen MR) is 90.7 cm³/mol. The van der Waals surface area contributed by atoms with Crippen molar-refractivity contribution < 1.29 is 22.5 Å². The van der Waals surface area contributed by atoms with Gasteiger partial charge in [0.05, 0.1) is 5.92 Å². The van der Waals surface area contributed by atoms with Gasteiger partial charge in [-0.05, 0) is 42.7 Å². The maximum atomic E-state index is 12.5. The van der Waals surface area contributed by atoms with Crippen molar-refractivity contribution in [3.05, 3.63) is 59.7 Å². The highest BCUT2D eigenvalue weighted by atomic mass is 32.2. The average molecular weight is 348 g/mol. The Kier molecular flexibility index (Phi) is 5.62. The standard InChI is InChI=1S/C18H20O5S/c1-3-6-15-7-4-5-8-17(15)24(21,22)23-16-11-9-14(10-12-16)13(2)18(19)20/h4-5,7-13H,3,6H2,1-2H3,(H,19,20)/t13-/m1/s1. The molecular weight excluding hydrogens is 328 g/mol. The van der Waals surface area contributed by atoms with E-state index in [-0.39, 0.29) is 10.6 Å². The molecular formula is C18H20O5S. The van der Waals surface area contributed by atoms with Crippen molar-refractivity contribution in [3.63, 3.8) is 0 Å². The molecule has 5 nitrogen and oxygen atoms in total. The van der Waals surface area contributed by atoms with E-state index >= 15 is 0 Å². The van der Waals surface area contributed by atoms with Crippen molar-refractivity contribution in [1.29, 1.82) is 0 Å². The van der Waals surface area contributed by atoms with E-state index in [9.17, 15) is 13.2 Å². The van der Waals surface area contributed by atoms with Gasteiger partial charge in [0, 0.05) is 0 Å². The fourth-order valence-corrected chi connectivity index (χ4v) is 3.54. The molecule has 0 amide bonds. The summed E-state index contributed by atoms with van der Waals surface area (Å²) >= 11 is 0. The van der Waals surface area contributed by atoms with Gasteiger partial charge in [0.25, 0.3) is 0 Å². The van der Waals surface area contributed by atoms with Crippen LogP contribution in [-0.2, 0) is 21.3 Å². The Morgan fingerprint density at radius 2 is 1.75 bits per heavy atom. The lowest BCUT2D eigenvalue weighted by Gasteiger charge is -2.12. The molecule has 0 saturated carbocycles. The fraction of sp³-hybridized carbons (Fsp3) is 0.278. The van der Waals surface area contributed by atoms with E-state index in [1.807, 2.05) is 6.92 Å². The first-order valence-corrected chi connectivity index (χ1v) is 9.11. The number of carboxylic acid groups (broad SMARTS) is 1. The van der Waals surface area contributed by atoms with E-state index in [0.717, 1.165) is 12.0 Å². The molecule has 0 heterocycles. The minimum absolute atomic E-state index is 0.155. The normalized spacial score (nSPS) is 12.6. The first-order valence-electron chi connectivity index (χ1n) is 7.70. The number of benzene rings is 2. The zero-order valence-corrected chi connectivity index (χ0v) is 14.4. The number of hydrogen-bond acceptors (Lipinski definition) is 4. The van der Waals surface area contributed by atoms with Gasteiger partial charge in [-0.25, -0.2) is 0 Å². The summed E-state index contributed by atoms with van der Waals surface area (Å²) < 4.78 is 30.2. The highest BCUT2D eigenvalue weighted by molar-refractivity contribution is 7.87. The van der Waals surface area contributed by atoms with Crippen LogP contribution in [0, 0.1) is 0 Å². The lowest BCUT2D eigenvalue weighted by molar-refractivity contribution is -0.138. The molecule has 2 aromatic rings. The Morgan fingerprint density at radius 1 is 1.12 bits per heavy atom. The lowest BCUT2D eigenvalue weighted by Crippen LogP contribution is -2.12. The number of rotatable bonds is 7. The molecule has 1 N–H and O–H groups in total. The smallest absolute Gasteiger partial charge is 0.339 e. The molecule has 1 atom stereocenters. The SMILES string of the molecule is CCCc1ccccc1S(=O)(=O)Oc1ccc([C@@H](C)C(=O)O)cc1. The maximum Gasteiger partial charge on any atom is 0.339 e. The Morgan fingerprint density at radius 3 is 2.33 bits per heavy atom. The first-order chi connectivity index (χ1) is 11.3. The summed E-state index contributed by atoms with van der Waals surface area (Å²) in [5.41, 5.74) is 1.30. The molecule has 128 valence electrons. The molecule has 2 aromatic carbocycles. The van der Waals surface area contributed by atoms with Crippen LogP contribution in [0.5, 0.6) is 5.75 Å². The zero-order chi connectivity index (χ0) is 17.7. The van der Waals surface area contributed by atoms with Crippen LogP contribution in [0.1, 0.15) is 37.3 Å². The Hall–Kier alpha value is -2.34. The van der Waals surface area contributed by atoms with E-state index in [1.165, 1.54) is 18.2 Å². The van der Waals surface area contributed by atoms with Gasteiger partial charge in [-0.15, -0.1) is 0 Å². The molecule has 0 aliphatic carbocycles. The lowest BCUT2D eigenvalue weighted by atomic mass is 10.0. The molecule has 24 heavy (non-hydrogen) atoms. The third kappa shape index (κ3) is 4.14. The van der Waals surface area contributed by atoms with Crippen molar-refractivity contribution in [2.75, 3.05) is 0 Å². The number of aliphatic carboxylic acids is 1. The van der Waals surface area contributed by atoms with Gasteiger partial charge in [-0.2, -0.15) is 8.42 Å². The second-order valence-electron chi connectivity index (χ2n) is 5.52. The van der Waals surface area contributed by atoms with Gasteiger partial charge < -0.3 is 9.29 Å². The predicted octanol–water partition coefficient (Wildman–Crippen LogP) is 3.59. The van der Waals surface area contributed by atoms with Gasteiger partial charge in [0.1, 0.15) is 10.6 Å². The summed E-state index contributed by atoms with van der Waals surface area (Å²) in [6.45, 7) is 3.54. The first kappa shape index (κ1) is 18.0. The molecule has 0 aliphatic rings. The third-order valence-electron chi connectivity index (χ3n) is 3.72. The molecule has 0 radical (unpaired) electrons. The number of carbonyl (C=O) groups is 1. The average Bonchev–Trinajstić information content (AvgIpc) is 2.55. The topological polar surface area (TPSA) is 80.7 Å². The van der Waals surface area contributed by atoms with Gasteiger partial charge in [-0.3, -0.25) is 4.79 Å². The Balaban J connectivity index is 2.25. The fourth-order valence-electron chi connectivity index (χ4n) is 2.35. The second-order valence-corrected chi connectivity index (χ2v) is 7.04. The van der Waals surface area contributed by atoms with Gasteiger partial charge in [0.2, 0.25) is 0 Å². The van der Waals surface area contributed by atoms with Gasteiger partial charge in [-0.1, -0.05) is 43.7 Å². The van der Waals surface area contributed by atoms with Crippen LogP contribution >= 0.6 is 0 Å². The van der Waals surface area contributed by atoms with Crippen LogP contribution in [0.2, 0.25) is 0 Å². The molecule has 0 spiro atoms. The van der Waals surface area contributed by atoms with Gasteiger partial charge in [0.15, 0.2) is 0 Å². The summed E-state index contributed by atoms with van der Waals surface area (Å²) in [5, 5.41) is 8.99. The van der Waals surface area contributed by atoms with Gasteiger partial charge >= 0.3 is 16.1 Å². The van der Waals surface area contributed by atoms with E-state index in [1.54, 1.807) is 37.3 Å². The molecule has 0 bridgehead atoms. The van der Waals surface area contributed by atoms with E-state index in [2.05, 4.69) is 0 Å². The molecule has 2 rings (SSSR count). The summed E-state index contributed by atoms with van der Waals surface area (Å²) in [7, 11) is -3.93. The summed E-state index contributed by atoms with van der Waals surface area (Å²) in [6, 6.07) is 12.8. The maximum absolute atomic E-state index is 12.5. The molecule has 0 saturated heterocycles. The summed E-state index contributed by atoms with van der Waals surface area (Å²) in [6.07, 6.45) is 1.47.